The number of amides is 2. The fourth-order valence-corrected chi connectivity index (χ4v) is 5.33. The Kier molecular flexibility index (Phi) is 9.92. The quantitative estimate of drug-likeness (QED) is 0.241. The lowest BCUT2D eigenvalue weighted by Crippen LogP contribution is -2.33. The molecule has 0 fully saturated rings. The molecule has 0 aliphatic heterocycles. The van der Waals surface area contributed by atoms with E-state index in [4.69, 9.17) is 9.47 Å². The van der Waals surface area contributed by atoms with E-state index >= 15 is 0 Å². The van der Waals surface area contributed by atoms with Gasteiger partial charge in [-0.3, -0.25) is 20.2 Å². The Labute approximate surface area is 239 Å². The first-order valence-corrected chi connectivity index (χ1v) is 15.3. The first kappa shape index (κ1) is 31.6. The summed E-state index contributed by atoms with van der Waals surface area (Å²) in [5.74, 6) is -1.39. The summed E-state index contributed by atoms with van der Waals surface area (Å²) < 4.78 is 57.8. The maximum atomic E-state index is 12.4. The molecule has 0 aliphatic rings. The number of nitro benzene ring substituents is 2. The van der Waals surface area contributed by atoms with Gasteiger partial charge in [0.1, 0.15) is 13.2 Å². The first-order valence-electron chi connectivity index (χ1n) is 11.8. The summed E-state index contributed by atoms with van der Waals surface area (Å²) in [6, 6.07) is 15.1. The average Bonchev–Trinajstić information content (AvgIpc) is 2.93. The smallest absolute Gasteiger partial charge is 0.416 e. The molecule has 222 valence electrons. The lowest BCUT2D eigenvalue weighted by atomic mass is 9.92. The van der Waals surface area contributed by atoms with Crippen LogP contribution in [0, 0.1) is 20.2 Å². The predicted octanol–water partition coefficient (Wildman–Crippen LogP) is 3.38. The molecule has 0 saturated heterocycles. The standard InChI is InChI=1S/C25H23N3O12S2/c1-41(35,36)21-10-12-22(13-11-21)42(37,38)15-14-39-24(29)26-25(30)40-16-23(17-2-6-19(7-3-17)27(31)32)18-4-8-20(9-5-18)28(33)34/h2-13,23H,14-16H2,1H3,(H,26,29,30). The number of sulfone groups is 2. The van der Waals surface area contributed by atoms with Gasteiger partial charge in [0.05, 0.1) is 25.4 Å². The zero-order valence-corrected chi connectivity index (χ0v) is 23.4. The summed E-state index contributed by atoms with van der Waals surface area (Å²) in [6.45, 7) is -1.02. The van der Waals surface area contributed by atoms with Crippen molar-refractivity contribution in [3.05, 3.63) is 104 Å². The number of ether oxygens (including phenoxy) is 2. The molecule has 0 heterocycles. The summed E-state index contributed by atoms with van der Waals surface area (Å²) in [5, 5.41) is 23.7. The summed E-state index contributed by atoms with van der Waals surface area (Å²) >= 11 is 0. The van der Waals surface area contributed by atoms with Crippen molar-refractivity contribution >= 4 is 43.2 Å². The highest BCUT2D eigenvalue weighted by atomic mass is 32.2. The molecule has 0 bridgehead atoms. The molecule has 0 spiro atoms. The Morgan fingerprint density at radius 2 is 1.17 bits per heavy atom. The second-order valence-corrected chi connectivity index (χ2v) is 12.8. The SMILES string of the molecule is CS(=O)(=O)c1ccc(S(=O)(=O)CCOC(=O)NC(=O)OCC(c2ccc([N+](=O)[O-])cc2)c2ccc([N+](=O)[O-])cc2)cc1. The van der Waals surface area contributed by atoms with Crippen molar-refractivity contribution < 1.29 is 45.7 Å². The van der Waals surface area contributed by atoms with Crippen LogP contribution in [0.1, 0.15) is 17.0 Å². The molecule has 2 amide bonds. The topological polar surface area (TPSA) is 219 Å². The van der Waals surface area contributed by atoms with Crippen molar-refractivity contribution in [2.75, 3.05) is 25.2 Å². The highest BCUT2D eigenvalue weighted by Gasteiger charge is 2.21. The van der Waals surface area contributed by atoms with Crippen molar-refractivity contribution in [3.63, 3.8) is 0 Å². The molecule has 0 radical (unpaired) electrons. The van der Waals surface area contributed by atoms with Crippen LogP contribution in [0.3, 0.4) is 0 Å². The lowest BCUT2D eigenvalue weighted by molar-refractivity contribution is -0.385. The molecule has 3 rings (SSSR count). The molecule has 0 aliphatic carbocycles. The van der Waals surface area contributed by atoms with Crippen LogP contribution in [0.25, 0.3) is 0 Å². The van der Waals surface area contributed by atoms with Crippen LogP contribution < -0.4 is 5.32 Å². The maximum Gasteiger partial charge on any atom is 0.416 e. The molecule has 42 heavy (non-hydrogen) atoms. The number of alkyl carbamates (subject to hydrolysis) is 2. The number of nitrogens with one attached hydrogen (secondary N) is 1. The molecule has 0 unspecified atom stereocenters. The van der Waals surface area contributed by atoms with E-state index in [-0.39, 0.29) is 27.8 Å². The van der Waals surface area contributed by atoms with Crippen molar-refractivity contribution in [1.82, 2.24) is 5.32 Å². The molecular formula is C25H23N3O12S2. The van der Waals surface area contributed by atoms with Gasteiger partial charge in [0.25, 0.3) is 11.4 Å². The van der Waals surface area contributed by atoms with Crippen LogP contribution in [0.4, 0.5) is 21.0 Å². The van der Waals surface area contributed by atoms with Crippen LogP contribution in [-0.2, 0) is 29.1 Å². The number of hydrogen-bond donors (Lipinski definition) is 1. The molecule has 0 aromatic heterocycles. The Hall–Kier alpha value is -4.90. The summed E-state index contributed by atoms with van der Waals surface area (Å²) in [4.78, 5) is 44.7. The van der Waals surface area contributed by atoms with Gasteiger partial charge < -0.3 is 9.47 Å². The number of nitrogens with zero attached hydrogens (tertiary/aromatic N) is 2. The number of hydrogen-bond acceptors (Lipinski definition) is 12. The molecule has 0 atom stereocenters. The van der Waals surface area contributed by atoms with Crippen LogP contribution in [0.5, 0.6) is 0 Å². The van der Waals surface area contributed by atoms with E-state index in [1.165, 1.54) is 48.5 Å². The second-order valence-electron chi connectivity index (χ2n) is 8.67. The molecule has 0 saturated carbocycles. The summed E-state index contributed by atoms with van der Waals surface area (Å²) in [7, 11) is -7.47. The molecule has 3 aromatic carbocycles. The third kappa shape index (κ3) is 8.55. The van der Waals surface area contributed by atoms with Gasteiger partial charge in [-0.2, -0.15) is 0 Å². The molecule has 1 N–H and O–H groups in total. The van der Waals surface area contributed by atoms with Crippen molar-refractivity contribution in [2.45, 2.75) is 15.7 Å². The van der Waals surface area contributed by atoms with Crippen LogP contribution in [-0.4, -0.2) is 64.1 Å². The number of benzene rings is 3. The summed E-state index contributed by atoms with van der Waals surface area (Å²) in [5.41, 5.74) is 0.574. The normalized spacial score (nSPS) is 11.5. The van der Waals surface area contributed by atoms with E-state index in [2.05, 4.69) is 0 Å². The number of rotatable bonds is 11. The monoisotopic (exact) mass is 621 g/mol. The molecular weight excluding hydrogens is 598 g/mol. The lowest BCUT2D eigenvalue weighted by Gasteiger charge is -2.18. The second kappa shape index (κ2) is 13.2. The third-order valence-electron chi connectivity index (χ3n) is 5.79. The summed E-state index contributed by atoms with van der Waals surface area (Å²) in [6.07, 6.45) is -1.57. The minimum atomic E-state index is -3.95. The Bertz CT molecular complexity index is 1630. The highest BCUT2D eigenvalue weighted by Crippen LogP contribution is 2.28. The zero-order chi connectivity index (χ0) is 31.1. The van der Waals surface area contributed by atoms with Gasteiger partial charge in [-0.1, -0.05) is 24.3 Å². The van der Waals surface area contributed by atoms with E-state index in [0.717, 1.165) is 30.5 Å². The average molecular weight is 622 g/mol. The van der Waals surface area contributed by atoms with Gasteiger partial charge in [-0.15, -0.1) is 0 Å². The number of carbonyl (C=O) groups is 2. The molecule has 15 nitrogen and oxygen atoms in total. The minimum absolute atomic E-state index is 0.0695. The van der Waals surface area contributed by atoms with Crippen molar-refractivity contribution in [1.29, 1.82) is 0 Å². The van der Waals surface area contributed by atoms with Crippen molar-refractivity contribution in [3.8, 4) is 0 Å². The van der Waals surface area contributed by atoms with Crippen LogP contribution in [0.15, 0.2) is 82.6 Å². The van der Waals surface area contributed by atoms with Gasteiger partial charge in [0.15, 0.2) is 19.7 Å². The number of non-ortho nitro benzene ring substituents is 2. The largest absolute Gasteiger partial charge is 0.448 e. The zero-order valence-electron chi connectivity index (χ0n) is 21.7. The first-order chi connectivity index (χ1) is 19.7. The van der Waals surface area contributed by atoms with Gasteiger partial charge in [0, 0.05) is 36.4 Å². The molecule has 3 aromatic rings. The van der Waals surface area contributed by atoms with E-state index < -0.39 is 60.0 Å². The van der Waals surface area contributed by atoms with E-state index in [1.807, 2.05) is 0 Å². The number of imide groups is 1. The Morgan fingerprint density at radius 3 is 1.60 bits per heavy atom. The van der Waals surface area contributed by atoms with Gasteiger partial charge in [-0.05, 0) is 35.4 Å². The Morgan fingerprint density at radius 1 is 0.738 bits per heavy atom. The van der Waals surface area contributed by atoms with Gasteiger partial charge >= 0.3 is 12.2 Å². The minimum Gasteiger partial charge on any atom is -0.448 e. The third-order valence-corrected chi connectivity index (χ3v) is 8.62. The number of carbonyl (C=O) groups excluding carboxylic acids is 2. The van der Waals surface area contributed by atoms with Gasteiger partial charge in [0.2, 0.25) is 0 Å². The fraction of sp³-hybridized carbons (Fsp3) is 0.200. The predicted molar refractivity (Wildman–Crippen MR) is 145 cm³/mol. The highest BCUT2D eigenvalue weighted by molar-refractivity contribution is 7.91. The van der Waals surface area contributed by atoms with E-state index in [9.17, 15) is 46.7 Å². The Balaban J connectivity index is 1.59. The fourth-order valence-electron chi connectivity index (χ4n) is 3.61. The maximum absolute atomic E-state index is 12.4. The number of nitro groups is 2. The van der Waals surface area contributed by atoms with Crippen molar-refractivity contribution in [2.24, 2.45) is 0 Å². The van der Waals surface area contributed by atoms with Gasteiger partial charge in [-0.25, -0.2) is 31.7 Å². The van der Waals surface area contributed by atoms with E-state index in [0.29, 0.717) is 11.1 Å². The molecule has 17 heteroatoms. The van der Waals surface area contributed by atoms with Crippen LogP contribution in [0.2, 0.25) is 0 Å². The van der Waals surface area contributed by atoms with E-state index in [1.54, 1.807) is 5.32 Å². The van der Waals surface area contributed by atoms with Crippen LogP contribution >= 0.6 is 0 Å².